The molecule has 4 rings (SSSR count). The number of hydrogen-bond acceptors (Lipinski definition) is 5. The van der Waals surface area contributed by atoms with Crippen LogP contribution < -0.4 is 19.1 Å². The Kier molecular flexibility index (Phi) is 6.24. The summed E-state index contributed by atoms with van der Waals surface area (Å²) in [4.78, 5) is 14.5. The largest absolute Gasteiger partial charge is 0.490 e. The second kappa shape index (κ2) is 9.06. The lowest BCUT2D eigenvalue weighted by atomic mass is 9.96. The minimum atomic E-state index is -3.55. The molecule has 0 aromatic heterocycles. The first-order chi connectivity index (χ1) is 14.5. The first-order valence-corrected chi connectivity index (χ1v) is 11.8. The molecule has 30 heavy (non-hydrogen) atoms. The summed E-state index contributed by atoms with van der Waals surface area (Å²) in [5, 5.41) is 0. The van der Waals surface area contributed by atoms with Gasteiger partial charge in [-0.1, -0.05) is 31.4 Å². The van der Waals surface area contributed by atoms with Crippen molar-refractivity contribution in [1.29, 1.82) is 0 Å². The predicted molar refractivity (Wildman–Crippen MR) is 113 cm³/mol. The maximum absolute atomic E-state index is 12.6. The Morgan fingerprint density at radius 2 is 1.80 bits per heavy atom. The van der Waals surface area contributed by atoms with Crippen LogP contribution >= 0.6 is 0 Å². The number of benzene rings is 2. The topological polar surface area (TPSA) is 84.9 Å². The van der Waals surface area contributed by atoms with E-state index in [9.17, 15) is 13.2 Å². The standard InChI is InChI=1S/C22H26N2O5S/c25-22(24-14-15-28-21-9-5-4-8-20(21)24)16-29-18-10-12-19(13-11-18)30(26,27)23-17-6-2-1-3-7-17/h4-5,8-13,17,23H,1-3,6-7,14-16H2. The summed E-state index contributed by atoms with van der Waals surface area (Å²) in [5.41, 5.74) is 0.729. The van der Waals surface area contributed by atoms with Crippen LogP contribution in [0.2, 0.25) is 0 Å². The van der Waals surface area contributed by atoms with Crippen LogP contribution in [0, 0.1) is 0 Å². The summed E-state index contributed by atoms with van der Waals surface area (Å²) >= 11 is 0. The minimum absolute atomic E-state index is 0.00805. The normalized spacial score (nSPS) is 17.1. The molecule has 0 unspecified atom stereocenters. The zero-order valence-electron chi connectivity index (χ0n) is 16.7. The van der Waals surface area contributed by atoms with Gasteiger partial charge in [0.1, 0.15) is 18.1 Å². The van der Waals surface area contributed by atoms with Crippen LogP contribution in [0.4, 0.5) is 5.69 Å². The fourth-order valence-electron chi connectivity index (χ4n) is 3.87. The molecule has 0 radical (unpaired) electrons. The number of fused-ring (bicyclic) bond motifs is 1. The highest BCUT2D eigenvalue weighted by atomic mass is 32.2. The third-order valence-corrected chi connectivity index (χ3v) is 6.99. The molecule has 7 nitrogen and oxygen atoms in total. The van der Waals surface area contributed by atoms with Crippen molar-refractivity contribution in [1.82, 2.24) is 4.72 Å². The number of nitrogens with zero attached hydrogens (tertiary/aromatic N) is 1. The summed E-state index contributed by atoms with van der Waals surface area (Å²) in [7, 11) is -3.55. The third-order valence-electron chi connectivity index (χ3n) is 5.45. The van der Waals surface area contributed by atoms with Gasteiger partial charge in [0.05, 0.1) is 17.1 Å². The Bertz CT molecular complexity index is 985. The number of anilines is 1. The maximum Gasteiger partial charge on any atom is 0.265 e. The van der Waals surface area contributed by atoms with E-state index in [1.807, 2.05) is 24.3 Å². The number of carbonyl (C=O) groups is 1. The van der Waals surface area contributed by atoms with Crippen molar-refractivity contribution in [3.8, 4) is 11.5 Å². The molecule has 2 aromatic rings. The molecule has 0 spiro atoms. The lowest BCUT2D eigenvalue weighted by Gasteiger charge is -2.29. The van der Waals surface area contributed by atoms with Crippen molar-refractivity contribution in [2.24, 2.45) is 0 Å². The van der Waals surface area contributed by atoms with Gasteiger partial charge in [0.2, 0.25) is 10.0 Å². The summed E-state index contributed by atoms with van der Waals surface area (Å²) in [6, 6.07) is 13.6. The van der Waals surface area contributed by atoms with Crippen molar-refractivity contribution < 1.29 is 22.7 Å². The van der Waals surface area contributed by atoms with Crippen molar-refractivity contribution in [3.05, 3.63) is 48.5 Å². The lowest BCUT2D eigenvalue weighted by molar-refractivity contribution is -0.120. The number of amides is 1. The molecule has 0 bridgehead atoms. The van der Waals surface area contributed by atoms with Gasteiger partial charge in [-0.3, -0.25) is 4.79 Å². The fourth-order valence-corrected chi connectivity index (χ4v) is 5.18. The molecule has 1 aliphatic heterocycles. The number of ether oxygens (including phenoxy) is 2. The molecular weight excluding hydrogens is 404 g/mol. The molecule has 1 fully saturated rings. The van der Waals surface area contributed by atoms with Gasteiger partial charge in [0.25, 0.3) is 5.91 Å². The van der Waals surface area contributed by atoms with Gasteiger partial charge in [-0.05, 0) is 49.2 Å². The van der Waals surface area contributed by atoms with Crippen molar-refractivity contribution in [2.45, 2.75) is 43.0 Å². The Balaban J connectivity index is 1.35. The maximum atomic E-state index is 12.6. The van der Waals surface area contributed by atoms with Crippen molar-refractivity contribution in [3.63, 3.8) is 0 Å². The zero-order valence-corrected chi connectivity index (χ0v) is 17.6. The molecule has 1 heterocycles. The molecule has 0 saturated heterocycles. The zero-order chi connectivity index (χ0) is 21.0. The summed E-state index contributed by atoms with van der Waals surface area (Å²) in [6.45, 7) is 0.757. The van der Waals surface area contributed by atoms with Crippen LogP contribution in [0.15, 0.2) is 53.4 Å². The molecule has 0 atom stereocenters. The molecule has 8 heteroatoms. The Hall–Kier alpha value is -2.58. The first kappa shape index (κ1) is 20.7. The van der Waals surface area contributed by atoms with E-state index in [-0.39, 0.29) is 23.5 Å². The molecular formula is C22H26N2O5S. The van der Waals surface area contributed by atoms with Gasteiger partial charge in [-0.2, -0.15) is 0 Å². The average Bonchev–Trinajstić information content (AvgIpc) is 2.78. The number of rotatable bonds is 6. The third kappa shape index (κ3) is 4.76. The van der Waals surface area contributed by atoms with Crippen LogP contribution in [0.3, 0.4) is 0 Å². The van der Waals surface area contributed by atoms with Crippen molar-refractivity contribution in [2.75, 3.05) is 24.7 Å². The number of carbonyl (C=O) groups excluding carboxylic acids is 1. The number of sulfonamides is 1. The van der Waals surface area contributed by atoms with E-state index >= 15 is 0 Å². The smallest absolute Gasteiger partial charge is 0.265 e. The minimum Gasteiger partial charge on any atom is -0.490 e. The quantitative estimate of drug-likeness (QED) is 0.761. The lowest BCUT2D eigenvalue weighted by Crippen LogP contribution is -2.40. The number of nitrogens with one attached hydrogen (secondary N) is 1. The van der Waals surface area contributed by atoms with Gasteiger partial charge in [0, 0.05) is 6.04 Å². The average molecular weight is 431 g/mol. The second-order valence-corrected chi connectivity index (χ2v) is 9.29. The molecule has 1 N–H and O–H groups in total. The SMILES string of the molecule is O=C(COc1ccc(S(=O)(=O)NC2CCCCC2)cc1)N1CCOc2ccccc21. The molecule has 2 aromatic carbocycles. The van der Waals surface area contributed by atoms with E-state index in [2.05, 4.69) is 4.72 Å². The van der Waals surface area contributed by atoms with E-state index in [1.54, 1.807) is 17.0 Å². The highest BCUT2D eigenvalue weighted by molar-refractivity contribution is 7.89. The highest BCUT2D eigenvalue weighted by Crippen LogP contribution is 2.31. The molecule has 1 amide bonds. The van der Waals surface area contributed by atoms with Gasteiger partial charge in [0.15, 0.2) is 6.61 Å². The van der Waals surface area contributed by atoms with Gasteiger partial charge < -0.3 is 14.4 Å². The van der Waals surface area contributed by atoms with Gasteiger partial charge >= 0.3 is 0 Å². The number of hydrogen-bond donors (Lipinski definition) is 1. The van der Waals surface area contributed by atoms with Crippen LogP contribution in [0.5, 0.6) is 11.5 Å². The molecule has 1 aliphatic carbocycles. The van der Waals surface area contributed by atoms with E-state index in [0.29, 0.717) is 24.7 Å². The van der Waals surface area contributed by atoms with Crippen molar-refractivity contribution >= 4 is 21.6 Å². The predicted octanol–water partition coefficient (Wildman–Crippen LogP) is 3.10. The van der Waals surface area contributed by atoms with Crippen LogP contribution in [-0.2, 0) is 14.8 Å². The van der Waals surface area contributed by atoms with Crippen LogP contribution in [0.1, 0.15) is 32.1 Å². The van der Waals surface area contributed by atoms with Crippen LogP contribution in [-0.4, -0.2) is 40.1 Å². The van der Waals surface area contributed by atoms with Gasteiger partial charge in [-0.15, -0.1) is 0 Å². The monoisotopic (exact) mass is 430 g/mol. The highest BCUT2D eigenvalue weighted by Gasteiger charge is 2.24. The van der Waals surface area contributed by atoms with E-state index in [1.165, 1.54) is 18.6 Å². The Labute approximate surface area is 177 Å². The molecule has 160 valence electrons. The fraction of sp³-hybridized carbons (Fsp3) is 0.409. The number of para-hydroxylation sites is 2. The molecule has 1 saturated carbocycles. The van der Waals surface area contributed by atoms with Crippen LogP contribution in [0.25, 0.3) is 0 Å². The Morgan fingerprint density at radius 1 is 1.07 bits per heavy atom. The summed E-state index contributed by atoms with van der Waals surface area (Å²) in [6.07, 6.45) is 5.04. The second-order valence-electron chi connectivity index (χ2n) is 7.58. The van der Waals surface area contributed by atoms with E-state index < -0.39 is 10.0 Å². The first-order valence-electron chi connectivity index (χ1n) is 10.3. The summed E-state index contributed by atoms with van der Waals surface area (Å²) < 4.78 is 39.1. The van der Waals surface area contributed by atoms with Gasteiger partial charge in [-0.25, -0.2) is 13.1 Å². The summed E-state index contributed by atoms with van der Waals surface area (Å²) in [5.74, 6) is 0.944. The molecule has 2 aliphatic rings. The Morgan fingerprint density at radius 3 is 2.57 bits per heavy atom. The van der Waals surface area contributed by atoms with E-state index in [4.69, 9.17) is 9.47 Å². The van der Waals surface area contributed by atoms with E-state index in [0.717, 1.165) is 31.4 Å².